The second kappa shape index (κ2) is 17.4. The highest BCUT2D eigenvalue weighted by Crippen LogP contribution is 2.22. The minimum absolute atomic E-state index is 0.0636. The van der Waals surface area contributed by atoms with Crippen LogP contribution in [0, 0.1) is 13.8 Å². The highest BCUT2D eigenvalue weighted by atomic mass is 79.9. The molecule has 8 nitrogen and oxygen atoms in total. The molecule has 0 radical (unpaired) electrons. The normalized spacial score (nSPS) is 11.0. The van der Waals surface area contributed by atoms with Crippen LogP contribution < -0.4 is 10.5 Å². The summed E-state index contributed by atoms with van der Waals surface area (Å²) in [4.78, 5) is 21.3. The predicted octanol–water partition coefficient (Wildman–Crippen LogP) is 5.40. The summed E-state index contributed by atoms with van der Waals surface area (Å²) in [6.45, 7) is 7.60. The maximum Gasteiger partial charge on any atom is 0.261 e. The fourth-order valence-electron chi connectivity index (χ4n) is 2.53. The molecule has 0 heterocycles. The Morgan fingerprint density at radius 3 is 1.65 bits per heavy atom. The average Bonchev–Trinajstić information content (AvgIpc) is 2.79. The highest BCUT2D eigenvalue weighted by molar-refractivity contribution is 9.10. The molecule has 0 bridgehead atoms. The fourth-order valence-corrected chi connectivity index (χ4v) is 5.02. The first-order chi connectivity index (χ1) is 17.0. The number of aryl methyl sites for hydroxylation is 2. The summed E-state index contributed by atoms with van der Waals surface area (Å²) in [6, 6.07) is 9.50. The Bertz CT molecular complexity index is 1270. The van der Waals surface area contributed by atoms with E-state index in [1.54, 1.807) is 38.1 Å². The monoisotopic (exact) mass is 702 g/mol. The molecule has 0 aromatic heterocycles. The maximum absolute atomic E-state index is 11.9. The molecule has 0 aliphatic carbocycles. The van der Waals surface area contributed by atoms with Gasteiger partial charge in [0, 0.05) is 39.0 Å². The second-order valence-electron chi connectivity index (χ2n) is 8.06. The van der Waals surface area contributed by atoms with Crippen molar-refractivity contribution >= 4 is 73.2 Å². The minimum Gasteiger partial charge on any atom is -0.330 e. The van der Waals surface area contributed by atoms with Crippen LogP contribution in [0.25, 0.3) is 0 Å². The summed E-state index contributed by atoms with van der Waals surface area (Å²) < 4.78 is 49.8. The fraction of sp³-hybridized carbons (Fsp3) is 0.417. The Balaban J connectivity index is 0.000000586. The van der Waals surface area contributed by atoms with Crippen LogP contribution >= 0.6 is 42.5 Å². The summed E-state index contributed by atoms with van der Waals surface area (Å²) in [5.74, 6) is 0.291. The molecule has 2 aromatic carbocycles. The summed E-state index contributed by atoms with van der Waals surface area (Å²) >= 11 is 6.58. The van der Waals surface area contributed by atoms with E-state index < -0.39 is 19.1 Å². The lowest BCUT2D eigenvalue weighted by molar-refractivity contribution is -0.117. The van der Waals surface area contributed by atoms with Crippen LogP contribution in [0.5, 0.6) is 0 Å². The van der Waals surface area contributed by atoms with Gasteiger partial charge in [0.25, 0.3) is 9.05 Å². The lowest BCUT2D eigenvalue weighted by Crippen LogP contribution is -2.25. The van der Waals surface area contributed by atoms with Crippen molar-refractivity contribution in [1.29, 1.82) is 0 Å². The van der Waals surface area contributed by atoms with Crippen molar-refractivity contribution in [3.05, 3.63) is 56.5 Å². The maximum atomic E-state index is 11.9. The van der Waals surface area contributed by atoms with Crippen molar-refractivity contribution in [3.63, 3.8) is 0 Å². The summed E-state index contributed by atoms with van der Waals surface area (Å²) in [5, 5.41) is 0. The smallest absolute Gasteiger partial charge is 0.261 e. The number of hydrogen-bond donors (Lipinski definition) is 2. The van der Waals surface area contributed by atoms with Gasteiger partial charge >= 0.3 is 0 Å². The Labute approximate surface area is 241 Å². The molecule has 0 saturated carbocycles. The second-order valence-corrected chi connectivity index (χ2v) is 14.1. The molecule has 0 amide bonds. The summed E-state index contributed by atoms with van der Waals surface area (Å²) in [5.41, 5.74) is 6.83. The van der Waals surface area contributed by atoms with E-state index in [4.69, 9.17) is 16.4 Å². The molecule has 0 atom stereocenters. The number of Topliss-reactive ketones (excluding diaryl/α,β-unsaturated/α-hetero) is 2. The van der Waals surface area contributed by atoms with Crippen molar-refractivity contribution in [2.24, 2.45) is 5.73 Å². The van der Waals surface area contributed by atoms with Crippen LogP contribution in [0.4, 0.5) is 0 Å². The number of carbonyl (C=O) groups is 2. The molecule has 208 valence electrons. The standard InChI is InChI=1S/C12H16BrNO3S.C7H6BrClO2S.C5H11NO/c1-9-8-11(5-6-12(9)13)18(16,17)14-7-3-4-10(2)15;1-5-4-6(12(9,10)11)2-3-7(5)8;1-5(7)3-2-4-6/h5-6,8,14H,3-4,7H2,1-2H3;2-4H,1H3;2-4,6H2,1H3. The van der Waals surface area contributed by atoms with Gasteiger partial charge in [-0.15, -0.1) is 0 Å². The first kappa shape index (κ1) is 35.9. The molecule has 37 heavy (non-hydrogen) atoms. The van der Waals surface area contributed by atoms with Gasteiger partial charge in [0.15, 0.2) is 0 Å². The zero-order valence-electron chi connectivity index (χ0n) is 21.2. The van der Waals surface area contributed by atoms with Crippen LogP contribution in [-0.2, 0) is 28.7 Å². The quantitative estimate of drug-likeness (QED) is 0.249. The van der Waals surface area contributed by atoms with Crippen molar-refractivity contribution in [2.75, 3.05) is 13.1 Å². The molecule has 0 unspecified atom stereocenters. The minimum atomic E-state index is -3.59. The Hall–Kier alpha value is -1.15. The van der Waals surface area contributed by atoms with Crippen molar-refractivity contribution in [3.8, 4) is 0 Å². The van der Waals surface area contributed by atoms with Crippen LogP contribution in [0.3, 0.4) is 0 Å². The van der Waals surface area contributed by atoms with Crippen molar-refractivity contribution < 1.29 is 26.4 Å². The number of sulfonamides is 1. The predicted molar refractivity (Wildman–Crippen MR) is 155 cm³/mol. The third-order valence-electron chi connectivity index (χ3n) is 4.58. The molecule has 2 rings (SSSR count). The van der Waals surface area contributed by atoms with E-state index in [9.17, 15) is 26.4 Å². The largest absolute Gasteiger partial charge is 0.330 e. The molecular weight excluding hydrogens is 672 g/mol. The van der Waals surface area contributed by atoms with E-state index in [-0.39, 0.29) is 27.9 Å². The number of benzene rings is 2. The number of nitrogens with two attached hydrogens (primary N) is 1. The zero-order valence-corrected chi connectivity index (χ0v) is 26.7. The van der Waals surface area contributed by atoms with E-state index >= 15 is 0 Å². The van der Waals surface area contributed by atoms with Gasteiger partial charge in [0.1, 0.15) is 11.6 Å². The summed E-state index contributed by atoms with van der Waals surface area (Å²) in [7, 11) is -1.93. The van der Waals surface area contributed by atoms with Gasteiger partial charge in [-0.3, -0.25) is 0 Å². The van der Waals surface area contributed by atoms with E-state index in [2.05, 4.69) is 36.6 Å². The molecule has 0 spiro atoms. The van der Waals surface area contributed by atoms with Gasteiger partial charge in [-0.1, -0.05) is 31.9 Å². The molecule has 13 heteroatoms. The molecule has 3 N–H and O–H groups in total. The van der Waals surface area contributed by atoms with Gasteiger partial charge < -0.3 is 15.3 Å². The Morgan fingerprint density at radius 1 is 0.838 bits per heavy atom. The van der Waals surface area contributed by atoms with Crippen molar-refractivity contribution in [1.82, 2.24) is 4.72 Å². The Kier molecular flexibility index (Phi) is 16.9. The lowest BCUT2D eigenvalue weighted by Gasteiger charge is -2.07. The molecule has 0 aliphatic rings. The topological polar surface area (TPSA) is 140 Å². The zero-order chi connectivity index (χ0) is 28.8. The third-order valence-corrected chi connectivity index (χ3v) is 9.17. The van der Waals surface area contributed by atoms with Crippen LogP contribution in [0.1, 0.15) is 50.7 Å². The number of halogens is 3. The molecule has 0 aliphatic heterocycles. The van der Waals surface area contributed by atoms with Gasteiger partial charge in [-0.2, -0.15) is 0 Å². The number of carbonyl (C=O) groups excluding carboxylic acids is 2. The first-order valence-corrected chi connectivity index (χ1v) is 16.5. The van der Waals surface area contributed by atoms with Crippen molar-refractivity contribution in [2.45, 2.75) is 63.2 Å². The van der Waals surface area contributed by atoms with Crippen LogP contribution in [-0.4, -0.2) is 41.5 Å². The van der Waals surface area contributed by atoms with Crippen LogP contribution in [0.2, 0.25) is 0 Å². The molecule has 2 aromatic rings. The Morgan fingerprint density at radius 2 is 1.27 bits per heavy atom. The van der Waals surface area contributed by atoms with Gasteiger partial charge in [0.2, 0.25) is 10.0 Å². The van der Waals surface area contributed by atoms with Crippen LogP contribution in [0.15, 0.2) is 55.1 Å². The summed E-state index contributed by atoms with van der Waals surface area (Å²) in [6.07, 6.45) is 2.37. The SMILES string of the molecule is CC(=O)CCCN.CC(=O)CCCNS(=O)(=O)c1ccc(Br)c(C)c1.Cc1cc(S(=O)(=O)Cl)ccc1Br. The third kappa shape index (κ3) is 15.8. The number of nitrogens with one attached hydrogen (secondary N) is 1. The van der Waals surface area contributed by atoms with E-state index in [0.29, 0.717) is 25.8 Å². The molecular formula is C24H33Br2ClN2O6S2. The first-order valence-electron chi connectivity index (χ1n) is 11.2. The van der Waals surface area contributed by atoms with E-state index in [1.165, 1.54) is 19.1 Å². The number of rotatable bonds is 10. The van der Waals surface area contributed by atoms with E-state index in [0.717, 1.165) is 26.5 Å². The number of ketones is 2. The average molecular weight is 705 g/mol. The van der Waals surface area contributed by atoms with Gasteiger partial charge in [-0.25, -0.2) is 21.6 Å². The van der Waals surface area contributed by atoms with Gasteiger partial charge in [0.05, 0.1) is 9.79 Å². The molecule has 0 saturated heterocycles. The number of hydrogen-bond acceptors (Lipinski definition) is 7. The van der Waals surface area contributed by atoms with E-state index in [1.807, 2.05) is 6.92 Å². The lowest BCUT2D eigenvalue weighted by atomic mass is 10.2. The molecule has 0 fully saturated rings. The highest BCUT2D eigenvalue weighted by Gasteiger charge is 2.14. The van der Waals surface area contributed by atoms with Gasteiger partial charge in [-0.05, 0) is 94.6 Å².